The summed E-state index contributed by atoms with van der Waals surface area (Å²) in [5.41, 5.74) is 9.87. The van der Waals surface area contributed by atoms with E-state index in [0.29, 0.717) is 11.4 Å². The van der Waals surface area contributed by atoms with Crippen LogP contribution >= 0.6 is 0 Å². The van der Waals surface area contributed by atoms with Crippen LogP contribution in [0.1, 0.15) is 27.4 Å². The Balaban J connectivity index is 1.88. The molecule has 1 aromatic heterocycles. The number of nitrogens with two attached hydrogens (primary N) is 1. The fourth-order valence-corrected chi connectivity index (χ4v) is 3.33. The normalized spacial score (nSPS) is 15.4. The summed E-state index contributed by atoms with van der Waals surface area (Å²) >= 11 is 0. The van der Waals surface area contributed by atoms with Gasteiger partial charge in [0.2, 0.25) is 11.8 Å². The molecule has 4 rings (SSSR count). The van der Waals surface area contributed by atoms with E-state index in [9.17, 15) is 10.1 Å². The standard InChI is InChI=1S/C21H16N4O3/c1-27-21(26)14-9-7-12(8-10-14)16-15(11-22)19(23)28-20-17(16)18(24-25-20)13-5-3-2-4-6-13/h2-10,16H,23H2,1H3,(H,24,25)/t16-/m1/s1. The summed E-state index contributed by atoms with van der Waals surface area (Å²) in [5.74, 6) is -0.557. The minimum Gasteiger partial charge on any atom is -0.465 e. The average molecular weight is 372 g/mol. The fourth-order valence-electron chi connectivity index (χ4n) is 3.33. The third-order valence-corrected chi connectivity index (χ3v) is 4.67. The molecular formula is C21H16N4O3. The summed E-state index contributed by atoms with van der Waals surface area (Å²) in [6.07, 6.45) is 0. The highest BCUT2D eigenvalue weighted by Crippen LogP contribution is 2.45. The molecule has 0 saturated heterocycles. The lowest BCUT2D eigenvalue weighted by Crippen LogP contribution is -2.21. The van der Waals surface area contributed by atoms with E-state index in [1.54, 1.807) is 24.3 Å². The number of aromatic amines is 1. The molecule has 0 bridgehead atoms. The highest BCUT2D eigenvalue weighted by atomic mass is 16.5. The molecule has 1 aliphatic heterocycles. The minimum absolute atomic E-state index is 0.0168. The lowest BCUT2D eigenvalue weighted by Gasteiger charge is -2.24. The Kier molecular flexibility index (Phi) is 4.30. The number of fused-ring (bicyclic) bond motifs is 1. The molecule has 2 heterocycles. The average Bonchev–Trinajstić information content (AvgIpc) is 3.16. The van der Waals surface area contributed by atoms with Crippen LogP contribution in [0.4, 0.5) is 0 Å². The minimum atomic E-state index is -0.477. The maximum absolute atomic E-state index is 11.7. The molecule has 28 heavy (non-hydrogen) atoms. The van der Waals surface area contributed by atoms with Gasteiger partial charge in [-0.3, -0.25) is 5.10 Å². The number of hydrogen-bond acceptors (Lipinski definition) is 6. The first-order valence-corrected chi connectivity index (χ1v) is 8.53. The van der Waals surface area contributed by atoms with Gasteiger partial charge in [0.15, 0.2) is 0 Å². The summed E-state index contributed by atoms with van der Waals surface area (Å²) in [6, 6.07) is 18.7. The quantitative estimate of drug-likeness (QED) is 0.683. The molecule has 3 aromatic rings. The summed E-state index contributed by atoms with van der Waals surface area (Å²) < 4.78 is 10.3. The number of nitrogens with one attached hydrogen (secondary N) is 1. The van der Waals surface area contributed by atoms with Crippen molar-refractivity contribution in [3.63, 3.8) is 0 Å². The number of hydrogen-bond donors (Lipinski definition) is 2. The van der Waals surface area contributed by atoms with Crippen LogP contribution in [-0.2, 0) is 4.74 Å². The molecule has 2 aromatic carbocycles. The molecule has 7 heteroatoms. The number of H-pyrrole nitrogens is 1. The predicted molar refractivity (Wildman–Crippen MR) is 101 cm³/mol. The van der Waals surface area contributed by atoms with Gasteiger partial charge in [0, 0.05) is 0 Å². The van der Waals surface area contributed by atoms with Gasteiger partial charge >= 0.3 is 5.97 Å². The van der Waals surface area contributed by atoms with Gasteiger partial charge in [-0.2, -0.15) is 5.26 Å². The zero-order chi connectivity index (χ0) is 19.7. The summed E-state index contributed by atoms with van der Waals surface area (Å²) in [5, 5.41) is 17.0. The maximum Gasteiger partial charge on any atom is 0.337 e. The zero-order valence-corrected chi connectivity index (χ0v) is 15.0. The van der Waals surface area contributed by atoms with Gasteiger partial charge in [-0.1, -0.05) is 42.5 Å². The van der Waals surface area contributed by atoms with Crippen LogP contribution in [0, 0.1) is 11.3 Å². The first-order valence-electron chi connectivity index (χ1n) is 8.53. The number of nitriles is 1. The molecule has 3 N–H and O–H groups in total. The van der Waals surface area contributed by atoms with Crippen LogP contribution in [0.25, 0.3) is 11.3 Å². The van der Waals surface area contributed by atoms with Gasteiger partial charge in [0.25, 0.3) is 0 Å². The third kappa shape index (κ3) is 2.77. The largest absolute Gasteiger partial charge is 0.465 e. The van der Waals surface area contributed by atoms with Crippen LogP contribution in [0.3, 0.4) is 0 Å². The van der Waals surface area contributed by atoms with Crippen LogP contribution in [0.5, 0.6) is 5.88 Å². The van der Waals surface area contributed by atoms with E-state index in [2.05, 4.69) is 16.3 Å². The third-order valence-electron chi connectivity index (χ3n) is 4.67. The monoisotopic (exact) mass is 372 g/mol. The number of benzene rings is 2. The smallest absolute Gasteiger partial charge is 0.337 e. The van der Waals surface area contributed by atoms with Gasteiger partial charge in [-0.05, 0) is 23.3 Å². The Morgan fingerprint density at radius 2 is 1.93 bits per heavy atom. The van der Waals surface area contributed by atoms with Crippen LogP contribution in [0.15, 0.2) is 66.1 Å². The van der Waals surface area contributed by atoms with Crippen molar-refractivity contribution in [1.29, 1.82) is 5.26 Å². The number of ether oxygens (including phenoxy) is 2. The van der Waals surface area contributed by atoms with Crippen molar-refractivity contribution < 1.29 is 14.3 Å². The summed E-state index contributed by atoms with van der Waals surface area (Å²) in [6.45, 7) is 0. The molecule has 138 valence electrons. The lowest BCUT2D eigenvalue weighted by atomic mass is 9.83. The van der Waals surface area contributed by atoms with E-state index in [4.69, 9.17) is 15.2 Å². The fraction of sp³-hybridized carbons (Fsp3) is 0.0952. The van der Waals surface area contributed by atoms with Crippen molar-refractivity contribution in [2.24, 2.45) is 5.73 Å². The van der Waals surface area contributed by atoms with Crippen molar-refractivity contribution in [2.45, 2.75) is 5.92 Å². The van der Waals surface area contributed by atoms with E-state index < -0.39 is 11.9 Å². The number of rotatable bonds is 3. The van der Waals surface area contributed by atoms with Crippen LogP contribution in [-0.4, -0.2) is 23.3 Å². The molecule has 1 aliphatic rings. The molecule has 0 aliphatic carbocycles. The van der Waals surface area contributed by atoms with E-state index in [1.165, 1.54) is 7.11 Å². The number of nitrogens with zero attached hydrogens (tertiary/aromatic N) is 2. The van der Waals surface area contributed by atoms with Crippen LogP contribution < -0.4 is 10.5 Å². The second-order valence-electron chi connectivity index (χ2n) is 6.22. The predicted octanol–water partition coefficient (Wildman–Crippen LogP) is 3.08. The molecule has 0 spiro atoms. The maximum atomic E-state index is 11.7. The molecule has 0 unspecified atom stereocenters. The van der Waals surface area contributed by atoms with E-state index in [0.717, 1.165) is 22.4 Å². The van der Waals surface area contributed by atoms with Crippen molar-refractivity contribution in [2.75, 3.05) is 7.11 Å². The van der Waals surface area contributed by atoms with E-state index >= 15 is 0 Å². The Labute approximate surface area is 161 Å². The molecule has 7 nitrogen and oxygen atoms in total. The SMILES string of the molecule is COC(=O)c1ccc([C@@H]2C(C#N)=C(N)Oc3n[nH]c(-c4ccccc4)c32)cc1. The van der Waals surface area contributed by atoms with Gasteiger partial charge < -0.3 is 15.2 Å². The Hall–Kier alpha value is -4.05. The molecule has 0 saturated carbocycles. The van der Waals surface area contributed by atoms with E-state index in [1.807, 2.05) is 30.3 Å². The van der Waals surface area contributed by atoms with Gasteiger partial charge in [-0.25, -0.2) is 4.79 Å². The first kappa shape index (κ1) is 17.4. The number of carbonyl (C=O) groups is 1. The lowest BCUT2D eigenvalue weighted by molar-refractivity contribution is 0.0600. The van der Waals surface area contributed by atoms with Crippen molar-refractivity contribution in [1.82, 2.24) is 10.2 Å². The highest BCUT2D eigenvalue weighted by molar-refractivity contribution is 5.89. The number of methoxy groups -OCH3 is 1. The van der Waals surface area contributed by atoms with Crippen molar-refractivity contribution >= 4 is 5.97 Å². The number of aromatic nitrogens is 2. The highest BCUT2D eigenvalue weighted by Gasteiger charge is 2.35. The molecular weight excluding hydrogens is 356 g/mol. The van der Waals surface area contributed by atoms with Crippen LogP contribution in [0.2, 0.25) is 0 Å². The molecule has 0 amide bonds. The van der Waals surface area contributed by atoms with Crippen molar-refractivity contribution in [3.05, 3.63) is 82.7 Å². The first-order chi connectivity index (χ1) is 13.6. The van der Waals surface area contributed by atoms with E-state index in [-0.39, 0.29) is 11.5 Å². The molecule has 0 radical (unpaired) electrons. The molecule has 1 atom stereocenters. The van der Waals surface area contributed by atoms with Gasteiger partial charge in [-0.15, -0.1) is 5.10 Å². The second kappa shape index (κ2) is 6.93. The number of carbonyl (C=O) groups excluding carboxylic acids is 1. The van der Waals surface area contributed by atoms with Crippen molar-refractivity contribution in [3.8, 4) is 23.2 Å². The molecule has 0 fully saturated rings. The zero-order valence-electron chi connectivity index (χ0n) is 15.0. The Morgan fingerprint density at radius 1 is 1.21 bits per heavy atom. The van der Waals surface area contributed by atoms with Gasteiger partial charge in [0.05, 0.1) is 29.8 Å². The number of esters is 1. The topological polar surface area (TPSA) is 114 Å². The number of allylic oxidation sites excluding steroid dienone is 1. The second-order valence-corrected chi connectivity index (χ2v) is 6.22. The Bertz CT molecular complexity index is 1110. The summed E-state index contributed by atoms with van der Waals surface area (Å²) in [7, 11) is 1.33. The summed E-state index contributed by atoms with van der Waals surface area (Å²) in [4.78, 5) is 11.7. The van der Waals surface area contributed by atoms with Gasteiger partial charge in [0.1, 0.15) is 11.6 Å². The Morgan fingerprint density at radius 3 is 2.57 bits per heavy atom.